The smallest absolute Gasteiger partial charge is 0.287 e. The normalized spacial score (nSPS) is 17.4. The van der Waals surface area contributed by atoms with Gasteiger partial charge in [-0.2, -0.15) is 4.21 Å². The van der Waals surface area contributed by atoms with Gasteiger partial charge in [-0.15, -0.1) is 0 Å². The highest BCUT2D eigenvalue weighted by Gasteiger charge is 2.34. The lowest BCUT2D eigenvalue weighted by Gasteiger charge is -2.35. The molecule has 3 rings (SSSR count). The van der Waals surface area contributed by atoms with Crippen LogP contribution in [0.3, 0.4) is 0 Å². The molecule has 2 aromatic carbocycles. The number of halogens is 1. The average molecular weight is 392 g/mol. The second kappa shape index (κ2) is 7.38. The van der Waals surface area contributed by atoms with Crippen LogP contribution in [0.25, 0.3) is 0 Å². The van der Waals surface area contributed by atoms with Crippen LogP contribution in [-0.4, -0.2) is 20.2 Å². The molecule has 2 N–H and O–H groups in total. The minimum atomic E-state index is -4.03. The van der Waals surface area contributed by atoms with E-state index in [0.29, 0.717) is 29.9 Å². The van der Waals surface area contributed by atoms with E-state index in [9.17, 15) is 8.60 Å². The Balaban J connectivity index is 2.06. The number of hydrogen-bond donors (Lipinski definition) is 2. The molecule has 0 aromatic heterocycles. The van der Waals surface area contributed by atoms with E-state index in [1.807, 2.05) is 13.8 Å². The van der Waals surface area contributed by atoms with Crippen LogP contribution in [0.4, 0.5) is 4.39 Å². The van der Waals surface area contributed by atoms with Gasteiger partial charge >= 0.3 is 0 Å². The van der Waals surface area contributed by atoms with Crippen LogP contribution in [0.5, 0.6) is 5.75 Å². The SMILES string of the molecule is CCC1(CC)N=C(c2ccc(F)cc2)c2ccc(COS(=N)(=O)O)cc2O1. The van der Waals surface area contributed by atoms with Gasteiger partial charge in [0.15, 0.2) is 5.72 Å². The van der Waals surface area contributed by atoms with Crippen molar-refractivity contribution in [1.29, 1.82) is 4.78 Å². The van der Waals surface area contributed by atoms with Crippen molar-refractivity contribution >= 4 is 16.0 Å². The van der Waals surface area contributed by atoms with E-state index in [2.05, 4.69) is 4.18 Å². The van der Waals surface area contributed by atoms with Crippen LogP contribution in [0.15, 0.2) is 47.5 Å². The summed E-state index contributed by atoms with van der Waals surface area (Å²) in [6.07, 6.45) is 1.29. The maximum atomic E-state index is 13.3. The van der Waals surface area contributed by atoms with Gasteiger partial charge in [0.05, 0.1) is 12.3 Å². The quantitative estimate of drug-likeness (QED) is 0.756. The number of nitrogens with zero attached hydrogens (tertiary/aromatic N) is 1. The highest BCUT2D eigenvalue weighted by molar-refractivity contribution is 7.82. The molecule has 2 aromatic rings. The summed E-state index contributed by atoms with van der Waals surface area (Å²) in [7, 11) is -4.03. The number of rotatable bonds is 6. The van der Waals surface area contributed by atoms with Crippen LogP contribution in [0.1, 0.15) is 43.4 Å². The lowest BCUT2D eigenvalue weighted by Crippen LogP contribution is -2.37. The fraction of sp³-hybridized carbons (Fsp3) is 0.316. The van der Waals surface area contributed by atoms with Gasteiger partial charge in [-0.1, -0.05) is 19.9 Å². The lowest BCUT2D eigenvalue weighted by atomic mass is 9.96. The van der Waals surface area contributed by atoms with E-state index in [1.54, 1.807) is 30.3 Å². The predicted molar refractivity (Wildman–Crippen MR) is 101 cm³/mol. The maximum Gasteiger partial charge on any atom is 0.287 e. The van der Waals surface area contributed by atoms with E-state index in [4.69, 9.17) is 19.1 Å². The van der Waals surface area contributed by atoms with Crippen LogP contribution < -0.4 is 4.74 Å². The zero-order valence-electron chi connectivity index (χ0n) is 15.1. The number of aliphatic imine (C=N–C) groups is 1. The molecule has 0 radical (unpaired) electrons. The molecule has 1 unspecified atom stereocenters. The zero-order chi connectivity index (χ0) is 19.7. The van der Waals surface area contributed by atoms with E-state index in [0.717, 1.165) is 11.1 Å². The Labute approximate surface area is 158 Å². The minimum absolute atomic E-state index is 0.191. The average Bonchev–Trinajstić information content (AvgIpc) is 2.65. The summed E-state index contributed by atoms with van der Waals surface area (Å²) < 4.78 is 51.1. The molecule has 0 amide bonds. The first kappa shape index (κ1) is 19.5. The van der Waals surface area contributed by atoms with Crippen molar-refractivity contribution in [3.8, 4) is 5.75 Å². The molecular weight excluding hydrogens is 371 g/mol. The summed E-state index contributed by atoms with van der Waals surface area (Å²) >= 11 is 0. The third kappa shape index (κ3) is 4.35. The summed E-state index contributed by atoms with van der Waals surface area (Å²) in [6.45, 7) is 3.77. The molecule has 0 saturated heterocycles. The fourth-order valence-electron chi connectivity index (χ4n) is 2.96. The first-order chi connectivity index (χ1) is 12.8. The van der Waals surface area contributed by atoms with Gasteiger partial charge < -0.3 is 4.74 Å². The maximum absolute atomic E-state index is 13.3. The third-order valence-electron chi connectivity index (χ3n) is 4.52. The van der Waals surface area contributed by atoms with Crippen molar-refractivity contribution in [3.63, 3.8) is 0 Å². The second-order valence-electron chi connectivity index (χ2n) is 6.29. The lowest BCUT2D eigenvalue weighted by molar-refractivity contribution is 0.0657. The van der Waals surface area contributed by atoms with Crippen molar-refractivity contribution in [2.45, 2.75) is 39.0 Å². The highest BCUT2D eigenvalue weighted by atomic mass is 32.2. The van der Waals surface area contributed by atoms with Crippen LogP contribution in [-0.2, 0) is 21.1 Å². The van der Waals surface area contributed by atoms with Gasteiger partial charge in [-0.25, -0.2) is 14.2 Å². The number of hydrogen-bond acceptors (Lipinski definition) is 5. The third-order valence-corrected chi connectivity index (χ3v) is 4.96. The first-order valence-electron chi connectivity index (χ1n) is 8.59. The monoisotopic (exact) mass is 392 g/mol. The molecule has 0 bridgehead atoms. The molecule has 1 aliphatic rings. The van der Waals surface area contributed by atoms with E-state index < -0.39 is 16.0 Å². The van der Waals surface area contributed by atoms with Gasteiger partial charge in [0.1, 0.15) is 11.6 Å². The Hall–Kier alpha value is -2.29. The largest absolute Gasteiger partial charge is 0.466 e. The predicted octanol–water partition coefficient (Wildman–Crippen LogP) is 4.52. The Morgan fingerprint density at radius 3 is 2.48 bits per heavy atom. The Kier molecular flexibility index (Phi) is 5.32. The molecule has 27 heavy (non-hydrogen) atoms. The number of ether oxygens (including phenoxy) is 1. The van der Waals surface area contributed by atoms with E-state index in [1.165, 1.54) is 12.1 Å². The van der Waals surface area contributed by atoms with Gasteiger partial charge in [0.2, 0.25) is 0 Å². The Bertz CT molecular complexity index is 968. The molecule has 144 valence electrons. The van der Waals surface area contributed by atoms with Crippen molar-refractivity contribution in [2.75, 3.05) is 0 Å². The van der Waals surface area contributed by atoms with Crippen molar-refractivity contribution in [1.82, 2.24) is 0 Å². The molecule has 0 saturated carbocycles. The molecule has 0 fully saturated rings. The van der Waals surface area contributed by atoms with Gasteiger partial charge in [-0.05, 0) is 42.0 Å². The minimum Gasteiger partial charge on any atom is -0.466 e. The summed E-state index contributed by atoms with van der Waals surface area (Å²) in [5, 5.41) is 0. The van der Waals surface area contributed by atoms with Crippen LogP contribution in [0, 0.1) is 10.6 Å². The zero-order valence-corrected chi connectivity index (χ0v) is 15.9. The molecule has 0 spiro atoms. The molecule has 1 heterocycles. The van der Waals surface area contributed by atoms with E-state index in [-0.39, 0.29) is 12.4 Å². The second-order valence-corrected chi connectivity index (χ2v) is 7.48. The molecule has 0 aliphatic carbocycles. The fourth-order valence-corrected chi connectivity index (χ4v) is 3.25. The van der Waals surface area contributed by atoms with Gasteiger partial charge in [-0.3, -0.25) is 8.74 Å². The van der Waals surface area contributed by atoms with Crippen molar-refractivity contribution in [2.24, 2.45) is 4.99 Å². The van der Waals surface area contributed by atoms with Gasteiger partial charge in [0, 0.05) is 24.0 Å². The van der Waals surface area contributed by atoms with Crippen molar-refractivity contribution in [3.05, 3.63) is 65.0 Å². The summed E-state index contributed by atoms with van der Waals surface area (Å²) in [5.74, 6) is 0.253. The molecule has 1 atom stereocenters. The Morgan fingerprint density at radius 1 is 1.22 bits per heavy atom. The van der Waals surface area contributed by atoms with Gasteiger partial charge in [0.25, 0.3) is 10.3 Å². The molecule has 1 aliphatic heterocycles. The summed E-state index contributed by atoms with van der Waals surface area (Å²) in [5.41, 5.74) is 2.10. The van der Waals surface area contributed by atoms with Crippen LogP contribution >= 0.6 is 0 Å². The van der Waals surface area contributed by atoms with E-state index >= 15 is 0 Å². The number of fused-ring (bicyclic) bond motifs is 1. The first-order valence-corrected chi connectivity index (χ1v) is 10.0. The molecular formula is C19H21FN2O4S. The molecule has 8 heteroatoms. The number of benzene rings is 2. The molecule has 6 nitrogen and oxygen atoms in total. The van der Waals surface area contributed by atoms with Crippen LogP contribution in [0.2, 0.25) is 0 Å². The Morgan fingerprint density at radius 2 is 1.89 bits per heavy atom. The summed E-state index contributed by atoms with van der Waals surface area (Å²) in [6, 6.07) is 11.4. The summed E-state index contributed by atoms with van der Waals surface area (Å²) in [4.78, 5) is 4.83. The standard InChI is InChI=1S/C19H21FN2O4S/c1-3-19(4-2)22-18(14-6-8-15(20)9-7-14)16-10-5-13(11-17(16)26-19)12-25-27(21,23)24/h5-11H,3-4,12H2,1-2H3,(H2,21,23,24). The highest BCUT2D eigenvalue weighted by Crippen LogP contribution is 2.37. The van der Waals surface area contributed by atoms with Crippen molar-refractivity contribution < 1.29 is 22.1 Å². The number of nitrogens with one attached hydrogen (secondary N) is 1. The topological polar surface area (TPSA) is 92.0 Å².